The van der Waals surface area contributed by atoms with E-state index in [0.717, 1.165) is 19.3 Å². The molecule has 0 aliphatic carbocycles. The lowest BCUT2D eigenvalue weighted by molar-refractivity contribution is 0.0527. The highest BCUT2D eigenvalue weighted by atomic mass is 16.6. The molecule has 0 fully saturated rings. The maximum Gasteiger partial charge on any atom is 0.407 e. The molecule has 0 aliphatic heterocycles. The van der Waals surface area contributed by atoms with Gasteiger partial charge in [-0.2, -0.15) is 0 Å². The van der Waals surface area contributed by atoms with Gasteiger partial charge in [0.1, 0.15) is 5.60 Å². The molecule has 0 aromatic carbocycles. The van der Waals surface area contributed by atoms with Crippen LogP contribution >= 0.6 is 0 Å². The molecule has 1 atom stereocenters. The van der Waals surface area contributed by atoms with Crippen LogP contribution in [0.4, 0.5) is 4.79 Å². The van der Waals surface area contributed by atoms with Crippen LogP contribution in [0.15, 0.2) is 0 Å². The Morgan fingerprint density at radius 1 is 1.35 bits per heavy atom. The number of unbranched alkanes of at least 4 members (excludes halogenated alkanes) is 1. The maximum absolute atomic E-state index is 11.3. The Morgan fingerprint density at radius 2 is 2.00 bits per heavy atom. The number of methoxy groups -OCH3 is 1. The smallest absolute Gasteiger partial charge is 0.407 e. The van der Waals surface area contributed by atoms with Crippen molar-refractivity contribution in [3.63, 3.8) is 0 Å². The van der Waals surface area contributed by atoms with Gasteiger partial charge in [0.2, 0.25) is 0 Å². The SMILES string of the molecule is COC[C@@H](N)CCCCNC(=O)OC(C)(C)C. The van der Waals surface area contributed by atoms with Crippen molar-refractivity contribution in [2.45, 2.75) is 51.7 Å². The van der Waals surface area contributed by atoms with E-state index in [0.29, 0.717) is 13.2 Å². The van der Waals surface area contributed by atoms with Crippen LogP contribution in [0.1, 0.15) is 40.0 Å². The third-order valence-electron chi connectivity index (χ3n) is 2.05. The summed E-state index contributed by atoms with van der Waals surface area (Å²) >= 11 is 0. The van der Waals surface area contributed by atoms with Gasteiger partial charge in [-0.15, -0.1) is 0 Å². The Bertz CT molecular complexity index is 214. The van der Waals surface area contributed by atoms with Crippen LogP contribution in [0.2, 0.25) is 0 Å². The molecule has 0 spiro atoms. The first-order valence-corrected chi connectivity index (χ1v) is 6.06. The summed E-state index contributed by atoms with van der Waals surface area (Å²) in [5.41, 5.74) is 5.33. The summed E-state index contributed by atoms with van der Waals surface area (Å²) in [4.78, 5) is 11.3. The summed E-state index contributed by atoms with van der Waals surface area (Å²) in [6.45, 7) is 6.73. The fourth-order valence-corrected chi connectivity index (χ4v) is 1.33. The molecule has 0 bridgehead atoms. The van der Waals surface area contributed by atoms with Crippen molar-refractivity contribution >= 4 is 6.09 Å². The summed E-state index contributed by atoms with van der Waals surface area (Å²) in [5, 5.41) is 2.71. The van der Waals surface area contributed by atoms with Crippen molar-refractivity contribution in [2.24, 2.45) is 5.73 Å². The van der Waals surface area contributed by atoms with Crippen LogP contribution in [-0.4, -0.2) is 38.0 Å². The second kappa shape index (κ2) is 8.31. The van der Waals surface area contributed by atoms with E-state index in [1.165, 1.54) is 0 Å². The minimum Gasteiger partial charge on any atom is -0.444 e. The Hall–Kier alpha value is -0.810. The quantitative estimate of drug-likeness (QED) is 0.670. The minimum absolute atomic E-state index is 0.0847. The van der Waals surface area contributed by atoms with E-state index >= 15 is 0 Å². The Balaban J connectivity index is 3.43. The maximum atomic E-state index is 11.3. The molecule has 3 N–H and O–H groups in total. The zero-order chi connectivity index (χ0) is 13.3. The molecule has 0 aromatic rings. The van der Waals surface area contributed by atoms with Crippen LogP contribution in [-0.2, 0) is 9.47 Å². The van der Waals surface area contributed by atoms with E-state index in [2.05, 4.69) is 5.32 Å². The van der Waals surface area contributed by atoms with Crippen molar-refractivity contribution in [2.75, 3.05) is 20.3 Å². The summed E-state index contributed by atoms with van der Waals surface area (Å²) in [5.74, 6) is 0. The number of hydrogen-bond donors (Lipinski definition) is 2. The molecule has 1 amide bonds. The Labute approximate surface area is 104 Å². The largest absolute Gasteiger partial charge is 0.444 e. The second-order valence-electron chi connectivity index (χ2n) is 5.14. The van der Waals surface area contributed by atoms with Crippen molar-refractivity contribution in [1.82, 2.24) is 5.32 Å². The van der Waals surface area contributed by atoms with Gasteiger partial charge in [0, 0.05) is 19.7 Å². The van der Waals surface area contributed by atoms with Crippen molar-refractivity contribution in [1.29, 1.82) is 0 Å². The zero-order valence-electron chi connectivity index (χ0n) is 11.4. The molecule has 0 unspecified atom stereocenters. The molecular weight excluding hydrogens is 220 g/mol. The number of nitrogens with one attached hydrogen (secondary N) is 1. The van der Waals surface area contributed by atoms with Gasteiger partial charge in [-0.3, -0.25) is 0 Å². The van der Waals surface area contributed by atoms with E-state index in [1.54, 1.807) is 7.11 Å². The van der Waals surface area contributed by atoms with Gasteiger partial charge in [0.15, 0.2) is 0 Å². The first-order chi connectivity index (χ1) is 7.85. The van der Waals surface area contributed by atoms with E-state index in [4.69, 9.17) is 15.2 Å². The fraction of sp³-hybridized carbons (Fsp3) is 0.917. The number of carbonyl (C=O) groups excluding carboxylic acids is 1. The van der Waals surface area contributed by atoms with Crippen LogP contribution in [0.5, 0.6) is 0 Å². The van der Waals surface area contributed by atoms with Gasteiger partial charge in [-0.1, -0.05) is 6.42 Å². The number of hydrogen-bond acceptors (Lipinski definition) is 4. The third kappa shape index (κ3) is 11.5. The van der Waals surface area contributed by atoms with Crippen LogP contribution in [0.25, 0.3) is 0 Å². The first kappa shape index (κ1) is 16.2. The summed E-state index contributed by atoms with van der Waals surface area (Å²) in [6.07, 6.45) is 2.42. The lowest BCUT2D eigenvalue weighted by Gasteiger charge is -2.19. The molecule has 17 heavy (non-hydrogen) atoms. The van der Waals surface area contributed by atoms with Crippen LogP contribution in [0, 0.1) is 0 Å². The lowest BCUT2D eigenvalue weighted by Crippen LogP contribution is -2.33. The standard InChI is InChI=1S/C12H26N2O3/c1-12(2,3)17-11(15)14-8-6-5-7-10(13)9-16-4/h10H,5-9,13H2,1-4H3,(H,14,15)/t10-/m0/s1. The van der Waals surface area contributed by atoms with Gasteiger partial charge in [0.05, 0.1) is 6.61 Å². The Kier molecular flexibility index (Phi) is 7.91. The highest BCUT2D eigenvalue weighted by Crippen LogP contribution is 2.06. The van der Waals surface area contributed by atoms with E-state index in [-0.39, 0.29) is 12.1 Å². The number of carbonyl (C=O) groups is 1. The number of amides is 1. The minimum atomic E-state index is -0.440. The average Bonchev–Trinajstić information content (AvgIpc) is 2.14. The normalized spacial score (nSPS) is 13.2. The first-order valence-electron chi connectivity index (χ1n) is 6.06. The zero-order valence-corrected chi connectivity index (χ0v) is 11.4. The summed E-state index contributed by atoms with van der Waals surface area (Å²) < 4.78 is 10.0. The molecule has 0 aromatic heterocycles. The highest BCUT2D eigenvalue weighted by molar-refractivity contribution is 5.67. The molecule has 0 saturated heterocycles. The average molecular weight is 246 g/mol. The third-order valence-corrected chi connectivity index (χ3v) is 2.05. The van der Waals surface area contributed by atoms with Crippen molar-refractivity contribution in [3.05, 3.63) is 0 Å². The number of rotatable bonds is 7. The van der Waals surface area contributed by atoms with Crippen molar-refractivity contribution in [3.8, 4) is 0 Å². The van der Waals surface area contributed by atoms with Gasteiger partial charge in [-0.25, -0.2) is 4.79 Å². The predicted octanol–water partition coefficient (Wildman–Crippen LogP) is 1.66. The molecular formula is C12H26N2O3. The predicted molar refractivity (Wildman–Crippen MR) is 67.9 cm³/mol. The molecule has 0 aliphatic rings. The van der Waals surface area contributed by atoms with Gasteiger partial charge >= 0.3 is 6.09 Å². The summed E-state index contributed by atoms with van der Waals surface area (Å²) in [6, 6.07) is 0.0847. The number of nitrogens with two attached hydrogens (primary N) is 1. The van der Waals surface area contributed by atoms with E-state index in [9.17, 15) is 4.79 Å². The van der Waals surface area contributed by atoms with Crippen LogP contribution in [0.3, 0.4) is 0 Å². The number of alkyl carbamates (subject to hydrolysis) is 1. The Morgan fingerprint density at radius 3 is 2.53 bits per heavy atom. The van der Waals surface area contributed by atoms with E-state index < -0.39 is 5.60 Å². The fourth-order valence-electron chi connectivity index (χ4n) is 1.33. The molecule has 0 saturated carbocycles. The summed E-state index contributed by atoms with van der Waals surface area (Å²) in [7, 11) is 1.64. The highest BCUT2D eigenvalue weighted by Gasteiger charge is 2.15. The van der Waals surface area contributed by atoms with Crippen LogP contribution < -0.4 is 11.1 Å². The topological polar surface area (TPSA) is 73.6 Å². The number of ether oxygens (including phenoxy) is 2. The molecule has 102 valence electrons. The second-order valence-corrected chi connectivity index (χ2v) is 5.14. The van der Waals surface area contributed by atoms with Crippen molar-refractivity contribution < 1.29 is 14.3 Å². The molecule has 0 radical (unpaired) electrons. The lowest BCUT2D eigenvalue weighted by atomic mass is 10.1. The molecule has 0 rings (SSSR count). The molecule has 0 heterocycles. The van der Waals surface area contributed by atoms with Gasteiger partial charge in [-0.05, 0) is 33.6 Å². The molecule has 5 heteroatoms. The van der Waals surface area contributed by atoms with Gasteiger partial charge < -0.3 is 20.5 Å². The molecule has 5 nitrogen and oxygen atoms in total. The van der Waals surface area contributed by atoms with E-state index in [1.807, 2.05) is 20.8 Å². The van der Waals surface area contributed by atoms with Gasteiger partial charge in [0.25, 0.3) is 0 Å². The monoisotopic (exact) mass is 246 g/mol.